The summed E-state index contributed by atoms with van der Waals surface area (Å²) in [5, 5.41) is 12.8. The quantitative estimate of drug-likeness (QED) is 0.106. The van der Waals surface area contributed by atoms with E-state index in [1.54, 1.807) is 21.6 Å². The maximum Gasteiger partial charge on any atom is 0.326 e. The molecule has 9 heteroatoms. The Bertz CT molecular complexity index is 1630. The largest absolute Gasteiger partial charge is 0.480 e. The lowest BCUT2D eigenvalue weighted by Gasteiger charge is -2.57. The number of esters is 1. The number of nitrogens with zero attached hydrogens (tertiary/aromatic N) is 1. The number of aromatic nitrogens is 1. The molecule has 2 N–H and O–H groups in total. The van der Waals surface area contributed by atoms with Crippen LogP contribution in [0.4, 0.5) is 0 Å². The van der Waals surface area contributed by atoms with Crippen molar-refractivity contribution in [3.05, 3.63) is 83.7 Å². The molecule has 0 bridgehead atoms. The highest BCUT2D eigenvalue weighted by Crippen LogP contribution is 2.66. The molecule has 2 saturated carbocycles. The van der Waals surface area contributed by atoms with Crippen molar-refractivity contribution in [2.24, 2.45) is 28.6 Å². The van der Waals surface area contributed by atoms with Crippen molar-refractivity contribution in [2.75, 3.05) is 0 Å². The summed E-state index contributed by atoms with van der Waals surface area (Å²) in [6.45, 7) is 9.23. The molecule has 0 saturated heterocycles. The normalized spacial score (nSPS) is 29.6. The van der Waals surface area contributed by atoms with Gasteiger partial charge in [-0.2, -0.15) is 0 Å². The molecule has 9 atom stereocenters. The van der Waals surface area contributed by atoms with Crippen molar-refractivity contribution >= 4 is 45.0 Å². The van der Waals surface area contributed by atoms with E-state index in [-0.39, 0.29) is 52.2 Å². The van der Waals surface area contributed by atoms with Gasteiger partial charge in [0.1, 0.15) is 12.1 Å². The Morgan fingerprint density at radius 1 is 0.923 bits per heavy atom. The molecule has 2 unspecified atom stereocenters. The number of hydrogen-bond acceptors (Lipinski definition) is 7. The van der Waals surface area contributed by atoms with Crippen LogP contribution in [0, 0.1) is 28.6 Å². The van der Waals surface area contributed by atoms with E-state index in [0.29, 0.717) is 30.6 Å². The third-order valence-electron chi connectivity index (χ3n) is 12.7. The Balaban J connectivity index is 0.901. The molecule has 0 radical (unpaired) electrons. The molecule has 1 aromatic carbocycles. The molecular formula is C43H56N2O5S2. The Kier molecular flexibility index (Phi) is 12.6. The van der Waals surface area contributed by atoms with Crippen LogP contribution in [0.5, 0.6) is 0 Å². The van der Waals surface area contributed by atoms with E-state index in [1.807, 2.05) is 42.7 Å². The SMILES string of the molecule is CC(CCC(=O)N[C@@H](Cc1ccccc1)C(=O)O)SSC(C)CCC(=O)O[C@H]1CC[C@@]2(C)C(=CC[C@@H]3[C@@H]2CC[C@]2(C)C(c4cccnc4)=CC[C@@H]32)C1. The van der Waals surface area contributed by atoms with Crippen LogP contribution in [0.3, 0.4) is 0 Å². The molecule has 52 heavy (non-hydrogen) atoms. The second-order valence-corrected chi connectivity index (χ2v) is 19.4. The predicted molar refractivity (Wildman–Crippen MR) is 211 cm³/mol. The van der Waals surface area contributed by atoms with Crippen LogP contribution >= 0.6 is 21.6 Å². The number of rotatable bonds is 15. The van der Waals surface area contributed by atoms with Crippen molar-refractivity contribution in [1.82, 2.24) is 10.3 Å². The molecule has 0 aliphatic heterocycles. The number of carboxylic acids is 1. The smallest absolute Gasteiger partial charge is 0.326 e. The summed E-state index contributed by atoms with van der Waals surface area (Å²) in [5.74, 6) is 0.696. The standard InChI is InChI=1S/C43H56N2O5S2/c1-28(12-18-39(46)45-38(41(48)49)25-30-9-6-5-7-10-30)51-52-29(2)13-19-40(47)50-33-20-22-42(3)32(26-33)14-15-34-36-17-16-35(31-11-8-24-44-27-31)43(36,4)23-21-37(34)42/h5-11,14,16,24,27-29,33-34,36-38H,12-13,15,17-23,25-26H2,1-4H3,(H,45,46)(H,48,49)/t28?,29?,33-,34-,36-,37-,38-,42-,43+/m0/s1. The van der Waals surface area contributed by atoms with Gasteiger partial charge in [-0.15, -0.1) is 0 Å². The van der Waals surface area contributed by atoms with Crippen LogP contribution in [0.25, 0.3) is 5.57 Å². The van der Waals surface area contributed by atoms with Gasteiger partial charge in [0.2, 0.25) is 5.91 Å². The van der Waals surface area contributed by atoms with Crippen LogP contribution in [0.2, 0.25) is 0 Å². The molecule has 1 aromatic heterocycles. The van der Waals surface area contributed by atoms with Crippen LogP contribution in [-0.4, -0.2) is 50.6 Å². The molecule has 0 spiro atoms. The summed E-state index contributed by atoms with van der Waals surface area (Å²) < 4.78 is 6.10. The number of benzene rings is 1. The number of nitrogens with one attached hydrogen (secondary N) is 1. The van der Waals surface area contributed by atoms with Crippen LogP contribution in [0.1, 0.15) is 109 Å². The highest BCUT2D eigenvalue weighted by molar-refractivity contribution is 8.77. The van der Waals surface area contributed by atoms with Crippen molar-refractivity contribution in [3.63, 3.8) is 0 Å². The van der Waals surface area contributed by atoms with Gasteiger partial charge in [0, 0.05) is 48.6 Å². The second-order valence-electron chi connectivity index (χ2n) is 16.2. The molecule has 2 fully saturated rings. The minimum absolute atomic E-state index is 0.0283. The number of pyridine rings is 1. The Hall–Kier alpha value is -3.04. The molecule has 4 aliphatic carbocycles. The maximum atomic E-state index is 13.0. The van der Waals surface area contributed by atoms with E-state index in [2.05, 4.69) is 62.3 Å². The number of fused-ring (bicyclic) bond motifs is 5. The number of allylic oxidation sites excluding steroid dienone is 3. The fourth-order valence-corrected chi connectivity index (χ4v) is 12.3. The van der Waals surface area contributed by atoms with E-state index in [0.717, 1.165) is 44.1 Å². The molecule has 2 aromatic rings. The summed E-state index contributed by atoms with van der Waals surface area (Å²) in [6.07, 6.45) is 18.9. The van der Waals surface area contributed by atoms with E-state index in [9.17, 15) is 19.5 Å². The first-order valence-corrected chi connectivity index (χ1v) is 21.6. The lowest BCUT2D eigenvalue weighted by atomic mass is 9.47. The first kappa shape index (κ1) is 38.7. The highest BCUT2D eigenvalue weighted by atomic mass is 33.1. The fourth-order valence-electron chi connectivity index (χ4n) is 9.77. The minimum atomic E-state index is -1.03. The Morgan fingerprint density at radius 2 is 1.65 bits per heavy atom. The van der Waals surface area contributed by atoms with Gasteiger partial charge in [-0.3, -0.25) is 14.6 Å². The maximum absolute atomic E-state index is 13.0. The van der Waals surface area contributed by atoms with Crippen molar-refractivity contribution in [3.8, 4) is 0 Å². The molecule has 1 heterocycles. The first-order valence-electron chi connectivity index (χ1n) is 19.3. The predicted octanol–water partition coefficient (Wildman–Crippen LogP) is 9.48. The van der Waals surface area contributed by atoms with Gasteiger partial charge in [0.25, 0.3) is 0 Å². The monoisotopic (exact) mass is 744 g/mol. The lowest BCUT2D eigenvalue weighted by molar-refractivity contribution is -0.151. The number of carboxylic acid groups (broad SMARTS) is 1. The van der Waals surface area contributed by atoms with Crippen molar-refractivity contribution in [1.29, 1.82) is 0 Å². The minimum Gasteiger partial charge on any atom is -0.480 e. The zero-order valence-electron chi connectivity index (χ0n) is 31.2. The number of amides is 1. The third kappa shape index (κ3) is 8.83. The Labute approximate surface area is 318 Å². The number of carbonyl (C=O) groups excluding carboxylic acids is 2. The average molecular weight is 745 g/mol. The molecule has 1 amide bonds. The zero-order valence-corrected chi connectivity index (χ0v) is 32.9. The van der Waals surface area contributed by atoms with Gasteiger partial charge < -0.3 is 15.2 Å². The van der Waals surface area contributed by atoms with Crippen LogP contribution in [-0.2, 0) is 25.5 Å². The van der Waals surface area contributed by atoms with Gasteiger partial charge in [0.15, 0.2) is 0 Å². The number of carbonyl (C=O) groups is 3. The summed E-state index contributed by atoms with van der Waals surface area (Å²) in [7, 11) is 3.46. The number of ether oxygens (including phenoxy) is 1. The summed E-state index contributed by atoms with van der Waals surface area (Å²) >= 11 is 0. The van der Waals surface area contributed by atoms with E-state index in [4.69, 9.17) is 4.74 Å². The summed E-state index contributed by atoms with van der Waals surface area (Å²) in [6, 6.07) is 12.7. The number of hydrogen-bond donors (Lipinski definition) is 2. The van der Waals surface area contributed by atoms with Gasteiger partial charge in [-0.25, -0.2) is 4.79 Å². The highest BCUT2D eigenvalue weighted by Gasteiger charge is 2.57. The molecule has 6 rings (SSSR count). The first-order chi connectivity index (χ1) is 25.0. The topological polar surface area (TPSA) is 106 Å². The summed E-state index contributed by atoms with van der Waals surface area (Å²) in [5.41, 5.74) is 5.62. The second kappa shape index (κ2) is 17.0. The third-order valence-corrected chi connectivity index (χ3v) is 16.3. The average Bonchev–Trinajstić information content (AvgIpc) is 3.50. The lowest BCUT2D eigenvalue weighted by Crippen LogP contribution is -2.50. The van der Waals surface area contributed by atoms with E-state index < -0.39 is 12.0 Å². The van der Waals surface area contributed by atoms with Crippen LogP contribution in [0.15, 0.2) is 72.6 Å². The van der Waals surface area contributed by atoms with E-state index >= 15 is 0 Å². The van der Waals surface area contributed by atoms with Crippen molar-refractivity contribution in [2.45, 2.75) is 127 Å². The summed E-state index contributed by atoms with van der Waals surface area (Å²) in [4.78, 5) is 41.7. The van der Waals surface area contributed by atoms with Gasteiger partial charge in [-0.05, 0) is 103 Å². The zero-order chi connectivity index (χ0) is 36.9. The molecule has 4 aliphatic rings. The van der Waals surface area contributed by atoms with Crippen molar-refractivity contribution < 1.29 is 24.2 Å². The van der Waals surface area contributed by atoms with Gasteiger partial charge in [0.05, 0.1) is 0 Å². The molecule has 7 nitrogen and oxygen atoms in total. The molecular weight excluding hydrogens is 689 g/mol. The van der Waals surface area contributed by atoms with Gasteiger partial charge in [-0.1, -0.05) is 103 Å². The number of aliphatic carboxylic acids is 1. The van der Waals surface area contributed by atoms with Crippen LogP contribution < -0.4 is 5.32 Å². The molecule has 280 valence electrons. The van der Waals surface area contributed by atoms with E-state index in [1.165, 1.54) is 29.6 Å². The van der Waals surface area contributed by atoms with Gasteiger partial charge >= 0.3 is 11.9 Å². The fraction of sp³-hybridized carbons (Fsp3) is 0.581. The Morgan fingerprint density at radius 3 is 2.37 bits per heavy atom.